The second kappa shape index (κ2) is 3.48. The van der Waals surface area contributed by atoms with Crippen molar-refractivity contribution in [3.05, 3.63) is 54.2 Å². The summed E-state index contributed by atoms with van der Waals surface area (Å²) in [5.41, 5.74) is 2.34. The van der Waals surface area contributed by atoms with Crippen LogP contribution in [0.4, 0.5) is 0 Å². The smallest absolute Gasteiger partial charge is 0.0349 e. The van der Waals surface area contributed by atoms with E-state index < -0.39 is 0 Å². The Balaban J connectivity index is 2.31. The van der Waals surface area contributed by atoms with E-state index in [1.54, 1.807) is 11.3 Å². The van der Waals surface area contributed by atoms with Gasteiger partial charge in [0.2, 0.25) is 0 Å². The number of benzene rings is 1. The lowest BCUT2D eigenvalue weighted by Gasteiger charge is -2.01. The number of fused-ring (bicyclic) bond motifs is 1. The third-order valence-electron chi connectivity index (χ3n) is 2.40. The van der Waals surface area contributed by atoms with Gasteiger partial charge in [0.05, 0.1) is 0 Å². The average molecular weight is 210 g/mol. The molecule has 0 saturated carbocycles. The van der Waals surface area contributed by atoms with Gasteiger partial charge in [0.1, 0.15) is 0 Å². The normalized spacial score (nSPS) is 10.7. The fraction of sp³-hybridized carbons (Fsp3) is 0. The summed E-state index contributed by atoms with van der Waals surface area (Å²) in [5.74, 6) is 0. The number of hydrogen-bond acceptors (Lipinski definition) is 2. The summed E-state index contributed by atoms with van der Waals surface area (Å²) in [4.78, 5) is 4.03. The summed E-state index contributed by atoms with van der Waals surface area (Å²) in [5, 5.41) is 3.39. The van der Waals surface area contributed by atoms with Crippen LogP contribution in [0.3, 0.4) is 0 Å². The molecule has 71 valence electrons. The van der Waals surface area contributed by atoms with Crippen LogP contribution in [-0.2, 0) is 0 Å². The zero-order valence-corrected chi connectivity index (χ0v) is 8.79. The Labute approximate surface area is 92.0 Å². The van der Waals surface area contributed by atoms with Crippen molar-refractivity contribution in [3.8, 4) is 11.1 Å². The average Bonchev–Trinajstić information content (AvgIpc) is 2.78. The molecular weight excluding hydrogens is 202 g/mol. The Morgan fingerprint density at radius 1 is 1.07 bits per heavy atom. The molecule has 15 heavy (non-hydrogen) atoms. The fourth-order valence-electron chi connectivity index (χ4n) is 1.69. The number of hydrogen-bond donors (Lipinski definition) is 0. The van der Waals surface area contributed by atoms with E-state index >= 15 is 0 Å². The Morgan fingerprint density at radius 3 is 2.80 bits per heavy atom. The van der Waals surface area contributed by atoms with E-state index in [9.17, 15) is 0 Å². The number of aromatic nitrogens is 1. The molecule has 2 aromatic heterocycles. The Morgan fingerprint density at radius 2 is 1.93 bits per heavy atom. The van der Waals surface area contributed by atoms with Gasteiger partial charge < -0.3 is 0 Å². The summed E-state index contributed by atoms with van der Waals surface area (Å²) < 4.78 is 1.31. The van der Waals surface area contributed by atoms with Crippen LogP contribution in [0.1, 0.15) is 0 Å². The molecular formula is C13H8NS. The van der Waals surface area contributed by atoms with Crippen molar-refractivity contribution < 1.29 is 0 Å². The lowest BCUT2D eigenvalue weighted by molar-refractivity contribution is 1.33. The molecule has 0 spiro atoms. The SMILES string of the molecule is [c]1ccc2sccc2c1-c1ccncc1. The summed E-state index contributed by atoms with van der Waals surface area (Å²) in [6.45, 7) is 0. The van der Waals surface area contributed by atoms with Crippen LogP contribution < -0.4 is 0 Å². The van der Waals surface area contributed by atoms with E-state index in [4.69, 9.17) is 0 Å². The van der Waals surface area contributed by atoms with Crippen LogP contribution in [0.15, 0.2) is 48.1 Å². The van der Waals surface area contributed by atoms with E-state index in [0.717, 1.165) is 5.56 Å². The topological polar surface area (TPSA) is 12.9 Å². The summed E-state index contributed by atoms with van der Waals surface area (Å²) >= 11 is 1.76. The van der Waals surface area contributed by atoms with Crippen LogP contribution in [0, 0.1) is 6.07 Å². The van der Waals surface area contributed by atoms with Crippen LogP contribution in [-0.4, -0.2) is 4.98 Å². The molecule has 0 N–H and O–H groups in total. The number of thiophene rings is 1. The first-order valence-corrected chi connectivity index (χ1v) is 5.61. The minimum absolute atomic E-state index is 1.16. The molecule has 0 saturated heterocycles. The van der Waals surface area contributed by atoms with Gasteiger partial charge >= 0.3 is 0 Å². The van der Waals surface area contributed by atoms with Crippen molar-refractivity contribution in [2.24, 2.45) is 0 Å². The molecule has 3 aromatic rings. The second-order valence-corrected chi connectivity index (χ2v) is 4.23. The molecule has 0 amide bonds. The summed E-state index contributed by atoms with van der Waals surface area (Å²) in [6, 6.07) is 13.6. The van der Waals surface area contributed by atoms with Gasteiger partial charge in [0, 0.05) is 22.5 Å². The van der Waals surface area contributed by atoms with Crippen LogP contribution in [0.2, 0.25) is 0 Å². The third kappa shape index (κ3) is 1.43. The number of nitrogens with zero attached hydrogens (tertiary/aromatic N) is 1. The summed E-state index contributed by atoms with van der Waals surface area (Å²) in [7, 11) is 0. The van der Waals surface area contributed by atoms with Gasteiger partial charge in [-0.1, -0.05) is 6.07 Å². The number of rotatable bonds is 1. The van der Waals surface area contributed by atoms with E-state index in [1.165, 1.54) is 15.6 Å². The first-order chi connectivity index (χ1) is 7.45. The maximum Gasteiger partial charge on any atom is 0.0349 e. The zero-order chi connectivity index (χ0) is 10.1. The van der Waals surface area contributed by atoms with E-state index in [-0.39, 0.29) is 0 Å². The highest BCUT2D eigenvalue weighted by atomic mass is 32.1. The molecule has 0 unspecified atom stereocenters. The van der Waals surface area contributed by atoms with Gasteiger partial charge in [-0.05, 0) is 46.8 Å². The van der Waals surface area contributed by atoms with Crippen molar-refractivity contribution in [1.82, 2.24) is 4.98 Å². The van der Waals surface area contributed by atoms with E-state index in [0.29, 0.717) is 0 Å². The number of pyridine rings is 1. The van der Waals surface area contributed by atoms with Crippen molar-refractivity contribution in [2.45, 2.75) is 0 Å². The van der Waals surface area contributed by atoms with Gasteiger partial charge in [-0.25, -0.2) is 0 Å². The van der Waals surface area contributed by atoms with Crippen LogP contribution >= 0.6 is 11.3 Å². The van der Waals surface area contributed by atoms with Crippen LogP contribution in [0.5, 0.6) is 0 Å². The van der Waals surface area contributed by atoms with Crippen molar-refractivity contribution in [3.63, 3.8) is 0 Å². The van der Waals surface area contributed by atoms with Crippen molar-refractivity contribution >= 4 is 21.4 Å². The predicted octanol–water partition coefficient (Wildman–Crippen LogP) is 3.76. The maximum atomic E-state index is 4.03. The molecule has 0 atom stereocenters. The van der Waals surface area contributed by atoms with Gasteiger partial charge in [-0.3, -0.25) is 4.98 Å². The molecule has 1 nitrogen and oxygen atoms in total. The fourth-order valence-corrected chi connectivity index (χ4v) is 2.49. The first-order valence-electron chi connectivity index (χ1n) is 4.73. The molecule has 0 aliphatic heterocycles. The summed E-state index contributed by atoms with van der Waals surface area (Å²) in [6.07, 6.45) is 3.63. The molecule has 0 aliphatic carbocycles. The Bertz CT molecular complexity index is 584. The van der Waals surface area contributed by atoms with Gasteiger partial charge in [0.15, 0.2) is 0 Å². The monoisotopic (exact) mass is 210 g/mol. The minimum atomic E-state index is 1.16. The van der Waals surface area contributed by atoms with Gasteiger partial charge in [-0.15, -0.1) is 11.3 Å². The molecule has 0 fully saturated rings. The van der Waals surface area contributed by atoms with Crippen LogP contribution in [0.25, 0.3) is 21.2 Å². The highest BCUT2D eigenvalue weighted by Gasteiger charge is 2.03. The first kappa shape index (κ1) is 8.62. The van der Waals surface area contributed by atoms with Gasteiger partial charge in [-0.2, -0.15) is 0 Å². The van der Waals surface area contributed by atoms with Crippen molar-refractivity contribution in [1.29, 1.82) is 0 Å². The lowest BCUT2D eigenvalue weighted by Crippen LogP contribution is -1.78. The quantitative estimate of drug-likeness (QED) is 0.596. The largest absolute Gasteiger partial charge is 0.265 e. The van der Waals surface area contributed by atoms with E-state index in [1.807, 2.05) is 30.6 Å². The molecule has 3 rings (SSSR count). The second-order valence-electron chi connectivity index (χ2n) is 3.29. The predicted molar refractivity (Wildman–Crippen MR) is 63.9 cm³/mol. The minimum Gasteiger partial charge on any atom is -0.265 e. The Hall–Kier alpha value is -1.67. The van der Waals surface area contributed by atoms with Gasteiger partial charge in [0.25, 0.3) is 0 Å². The third-order valence-corrected chi connectivity index (χ3v) is 3.28. The lowest BCUT2D eigenvalue weighted by atomic mass is 10.0. The highest BCUT2D eigenvalue weighted by Crippen LogP contribution is 2.30. The standard InChI is InChI=1S/C13H8NS/c1-2-11(10-4-7-14-8-5-10)12-6-9-15-13(12)3-1/h1,3-9H. The van der Waals surface area contributed by atoms with Crippen molar-refractivity contribution in [2.75, 3.05) is 0 Å². The zero-order valence-electron chi connectivity index (χ0n) is 7.97. The molecule has 0 bridgehead atoms. The molecule has 2 heterocycles. The maximum absolute atomic E-state index is 4.03. The molecule has 2 heteroatoms. The molecule has 0 aliphatic rings. The Kier molecular flexibility index (Phi) is 2.00. The molecule has 1 aromatic carbocycles. The van der Waals surface area contributed by atoms with E-state index in [2.05, 4.69) is 28.6 Å². The highest BCUT2D eigenvalue weighted by molar-refractivity contribution is 7.17. The molecule has 1 radical (unpaired) electrons.